The highest BCUT2D eigenvalue weighted by molar-refractivity contribution is 7.22. The van der Waals surface area contributed by atoms with E-state index in [0.717, 1.165) is 32.9 Å². The summed E-state index contributed by atoms with van der Waals surface area (Å²) in [6.45, 7) is 11.5. The molecule has 28 heavy (non-hydrogen) atoms. The van der Waals surface area contributed by atoms with Gasteiger partial charge < -0.3 is 10.4 Å². The van der Waals surface area contributed by atoms with E-state index in [1.54, 1.807) is 23.5 Å². The maximum atomic E-state index is 9.86. The summed E-state index contributed by atoms with van der Waals surface area (Å²) in [6, 6.07) is 10.4. The van der Waals surface area contributed by atoms with Gasteiger partial charge in [-0.3, -0.25) is 0 Å². The van der Waals surface area contributed by atoms with Gasteiger partial charge in [0.05, 0.1) is 22.9 Å². The smallest absolute Gasteiger partial charge is 0.148 e. The lowest BCUT2D eigenvalue weighted by atomic mass is 10.1. The normalized spacial score (nSPS) is 12.8. The fourth-order valence-electron chi connectivity index (χ4n) is 3.05. The monoisotopic (exact) mass is 391 g/mol. The van der Waals surface area contributed by atoms with Gasteiger partial charge in [-0.05, 0) is 36.1 Å². The fraction of sp³-hybridized carbons (Fsp3) is 0.217. The standard InChI is InChI=1S/C23H25N3OS/c1-5-8-17(7-3)20(14-27)26-23-22-19(24-15(4)25-23)13-21(28-22)18-11-9-16(6-2)10-12-18/h5,7-13,20,27H,1,3,6,14H2,2,4H3,(H,24,25,26)/b17-8+/t20-/m1/s1. The van der Waals surface area contributed by atoms with Crippen LogP contribution in [-0.4, -0.2) is 27.7 Å². The molecule has 144 valence electrons. The molecule has 0 spiro atoms. The van der Waals surface area contributed by atoms with E-state index in [1.165, 1.54) is 11.1 Å². The third-order valence-electron chi connectivity index (χ3n) is 4.57. The lowest BCUT2D eigenvalue weighted by Crippen LogP contribution is -2.26. The molecule has 3 aromatic rings. The van der Waals surface area contributed by atoms with Gasteiger partial charge in [-0.1, -0.05) is 62.6 Å². The van der Waals surface area contributed by atoms with Gasteiger partial charge in [0.1, 0.15) is 11.6 Å². The molecule has 0 saturated carbocycles. The number of aliphatic hydroxyl groups excluding tert-OH is 1. The van der Waals surface area contributed by atoms with E-state index >= 15 is 0 Å². The Labute approximate surface area is 170 Å². The summed E-state index contributed by atoms with van der Waals surface area (Å²) < 4.78 is 0.973. The van der Waals surface area contributed by atoms with Crippen LogP contribution in [0.1, 0.15) is 18.3 Å². The van der Waals surface area contributed by atoms with Crippen molar-refractivity contribution in [1.82, 2.24) is 9.97 Å². The van der Waals surface area contributed by atoms with Gasteiger partial charge in [0.2, 0.25) is 0 Å². The molecule has 0 amide bonds. The zero-order valence-corrected chi connectivity index (χ0v) is 17.1. The number of thiophene rings is 1. The summed E-state index contributed by atoms with van der Waals surface area (Å²) in [5.41, 5.74) is 4.24. The summed E-state index contributed by atoms with van der Waals surface area (Å²) in [7, 11) is 0. The number of anilines is 1. The maximum absolute atomic E-state index is 9.86. The SMILES string of the molecule is C=C/C=C(\C=C)[C@@H](CO)Nc1nc(C)nc2cc(-c3ccc(CC)cc3)sc12. The first-order chi connectivity index (χ1) is 13.6. The first-order valence-corrected chi connectivity index (χ1v) is 10.1. The highest BCUT2D eigenvalue weighted by Crippen LogP contribution is 2.36. The van der Waals surface area contributed by atoms with Crippen molar-refractivity contribution >= 4 is 27.4 Å². The molecule has 0 aliphatic carbocycles. The first kappa shape index (κ1) is 20.0. The lowest BCUT2D eigenvalue weighted by molar-refractivity contribution is 0.288. The minimum Gasteiger partial charge on any atom is -0.394 e. The van der Waals surface area contributed by atoms with Gasteiger partial charge in [0.25, 0.3) is 0 Å². The topological polar surface area (TPSA) is 58.0 Å². The average molecular weight is 392 g/mol. The molecule has 0 saturated heterocycles. The predicted octanol–water partition coefficient (Wildman–Crippen LogP) is 5.30. The highest BCUT2D eigenvalue weighted by Gasteiger charge is 2.16. The lowest BCUT2D eigenvalue weighted by Gasteiger charge is -2.18. The van der Waals surface area contributed by atoms with Crippen LogP contribution in [0.2, 0.25) is 0 Å². The Morgan fingerprint density at radius 1 is 1.25 bits per heavy atom. The second-order valence-electron chi connectivity index (χ2n) is 6.48. The van der Waals surface area contributed by atoms with Crippen molar-refractivity contribution < 1.29 is 5.11 Å². The molecular formula is C23H25N3OS. The Bertz CT molecular complexity index is 1020. The van der Waals surface area contributed by atoms with E-state index in [1.807, 2.05) is 13.0 Å². The maximum Gasteiger partial charge on any atom is 0.148 e. The van der Waals surface area contributed by atoms with E-state index in [-0.39, 0.29) is 12.6 Å². The summed E-state index contributed by atoms with van der Waals surface area (Å²) in [4.78, 5) is 10.3. The number of hydrogen-bond acceptors (Lipinski definition) is 5. The molecule has 0 aliphatic rings. The molecular weight excluding hydrogens is 366 g/mol. The van der Waals surface area contributed by atoms with Crippen LogP contribution in [0, 0.1) is 6.92 Å². The number of aromatic nitrogens is 2. The first-order valence-electron chi connectivity index (χ1n) is 9.29. The number of hydrogen-bond donors (Lipinski definition) is 2. The van der Waals surface area contributed by atoms with Crippen LogP contribution in [0.4, 0.5) is 5.82 Å². The van der Waals surface area contributed by atoms with Crippen LogP contribution < -0.4 is 5.32 Å². The van der Waals surface area contributed by atoms with Crippen molar-refractivity contribution in [3.63, 3.8) is 0 Å². The third kappa shape index (κ3) is 4.21. The van der Waals surface area contributed by atoms with E-state index in [4.69, 9.17) is 0 Å². The van der Waals surface area contributed by atoms with Crippen LogP contribution in [0.3, 0.4) is 0 Å². The molecule has 5 heteroatoms. The molecule has 3 rings (SSSR count). The molecule has 1 atom stereocenters. The molecule has 2 aromatic heterocycles. The zero-order chi connectivity index (χ0) is 20.1. The second-order valence-corrected chi connectivity index (χ2v) is 7.53. The largest absolute Gasteiger partial charge is 0.394 e. The Kier molecular flexibility index (Phi) is 6.39. The summed E-state index contributed by atoms with van der Waals surface area (Å²) in [5.74, 6) is 1.41. The Morgan fingerprint density at radius 2 is 2.00 bits per heavy atom. The number of benzene rings is 1. The zero-order valence-electron chi connectivity index (χ0n) is 16.3. The molecule has 0 unspecified atom stereocenters. The Morgan fingerprint density at radius 3 is 2.61 bits per heavy atom. The van der Waals surface area contributed by atoms with Crippen molar-refractivity contribution in [2.24, 2.45) is 0 Å². The second kappa shape index (κ2) is 8.95. The summed E-state index contributed by atoms with van der Waals surface area (Å²) in [5, 5.41) is 13.2. The molecule has 2 heterocycles. The number of aliphatic hydroxyl groups is 1. The molecule has 0 fully saturated rings. The highest BCUT2D eigenvalue weighted by atomic mass is 32.1. The van der Waals surface area contributed by atoms with Gasteiger partial charge in [0.15, 0.2) is 0 Å². The van der Waals surface area contributed by atoms with Gasteiger partial charge in [-0.2, -0.15) is 0 Å². The molecule has 0 aliphatic heterocycles. The van der Waals surface area contributed by atoms with Crippen molar-refractivity contribution in [1.29, 1.82) is 0 Å². The molecule has 2 N–H and O–H groups in total. The van der Waals surface area contributed by atoms with Gasteiger partial charge in [-0.15, -0.1) is 11.3 Å². The summed E-state index contributed by atoms with van der Waals surface area (Å²) in [6.07, 6.45) is 6.26. The van der Waals surface area contributed by atoms with Crippen molar-refractivity contribution in [2.75, 3.05) is 11.9 Å². The summed E-state index contributed by atoms with van der Waals surface area (Å²) >= 11 is 1.65. The van der Waals surface area contributed by atoms with E-state index in [9.17, 15) is 5.11 Å². The number of allylic oxidation sites excluding steroid dienone is 2. The van der Waals surface area contributed by atoms with E-state index in [0.29, 0.717) is 5.82 Å². The Balaban J connectivity index is 2.02. The number of nitrogens with zero attached hydrogens (tertiary/aromatic N) is 2. The average Bonchev–Trinajstić information content (AvgIpc) is 3.14. The van der Waals surface area contributed by atoms with Crippen molar-refractivity contribution in [2.45, 2.75) is 26.3 Å². The van der Waals surface area contributed by atoms with Crippen molar-refractivity contribution in [3.05, 3.63) is 78.7 Å². The predicted molar refractivity (Wildman–Crippen MR) is 120 cm³/mol. The Hall–Kier alpha value is -2.76. The molecule has 4 nitrogen and oxygen atoms in total. The number of fused-ring (bicyclic) bond motifs is 1. The van der Waals surface area contributed by atoms with Gasteiger partial charge >= 0.3 is 0 Å². The molecule has 0 radical (unpaired) electrons. The number of aryl methyl sites for hydroxylation is 2. The van der Waals surface area contributed by atoms with Crippen LogP contribution in [0.5, 0.6) is 0 Å². The van der Waals surface area contributed by atoms with Crippen LogP contribution >= 0.6 is 11.3 Å². The van der Waals surface area contributed by atoms with Gasteiger partial charge in [0, 0.05) is 4.88 Å². The van der Waals surface area contributed by atoms with Crippen molar-refractivity contribution in [3.8, 4) is 10.4 Å². The van der Waals surface area contributed by atoms with Crippen LogP contribution in [0.25, 0.3) is 20.7 Å². The van der Waals surface area contributed by atoms with Gasteiger partial charge in [-0.25, -0.2) is 9.97 Å². The van der Waals surface area contributed by atoms with E-state index < -0.39 is 0 Å². The molecule has 1 aromatic carbocycles. The van der Waals surface area contributed by atoms with Crippen LogP contribution in [0.15, 0.2) is 67.3 Å². The quantitative estimate of drug-likeness (QED) is 0.512. The fourth-order valence-corrected chi connectivity index (χ4v) is 4.11. The number of rotatable bonds is 8. The number of nitrogens with one attached hydrogen (secondary N) is 1. The van der Waals surface area contributed by atoms with E-state index in [2.05, 4.69) is 65.7 Å². The van der Waals surface area contributed by atoms with Crippen LogP contribution in [-0.2, 0) is 6.42 Å². The third-order valence-corrected chi connectivity index (χ3v) is 5.75. The minimum atomic E-state index is -0.317. The minimum absolute atomic E-state index is 0.0764. The molecule has 0 bridgehead atoms.